The Morgan fingerprint density at radius 1 is 1.16 bits per heavy atom. The first-order chi connectivity index (χ1) is 15.0. The van der Waals surface area contributed by atoms with Gasteiger partial charge in [-0.15, -0.1) is 11.8 Å². The molecule has 7 heteroatoms. The highest BCUT2D eigenvalue weighted by Crippen LogP contribution is 2.39. The standard InChI is InChI=1S/C24H24N2O4S/c1-16(2)30-20-11-9-19(10-12-20)25-23(28)17-5-7-18(8-6-17)24-26(22(27)15-31-24)14-21-4-3-13-29-21/h3-13,16,24H,14-15H2,1-2H3,(H,25,28)/t24-/m0/s1. The minimum absolute atomic E-state index is 0.0816. The number of nitrogens with zero attached hydrogens (tertiary/aromatic N) is 1. The lowest BCUT2D eigenvalue weighted by molar-refractivity contribution is -0.128. The first-order valence-electron chi connectivity index (χ1n) is 10.1. The maximum Gasteiger partial charge on any atom is 0.255 e. The van der Waals surface area contributed by atoms with Gasteiger partial charge in [0.2, 0.25) is 5.91 Å². The van der Waals surface area contributed by atoms with Crippen LogP contribution < -0.4 is 10.1 Å². The normalized spacial score (nSPS) is 16.0. The Morgan fingerprint density at radius 3 is 2.55 bits per heavy atom. The molecule has 6 nitrogen and oxygen atoms in total. The van der Waals surface area contributed by atoms with E-state index in [4.69, 9.17) is 9.15 Å². The molecule has 1 aromatic heterocycles. The smallest absolute Gasteiger partial charge is 0.255 e. The number of amides is 2. The quantitative estimate of drug-likeness (QED) is 0.558. The summed E-state index contributed by atoms with van der Waals surface area (Å²) in [6.45, 7) is 4.37. The number of carbonyl (C=O) groups is 2. The van der Waals surface area contributed by atoms with Gasteiger partial charge in [0.1, 0.15) is 16.9 Å². The van der Waals surface area contributed by atoms with E-state index < -0.39 is 0 Å². The highest BCUT2D eigenvalue weighted by Gasteiger charge is 2.33. The van der Waals surface area contributed by atoms with Crippen LogP contribution in [0, 0.1) is 0 Å². The van der Waals surface area contributed by atoms with Gasteiger partial charge in [-0.25, -0.2) is 0 Å². The zero-order valence-corrected chi connectivity index (χ0v) is 18.2. The monoisotopic (exact) mass is 436 g/mol. The van der Waals surface area contributed by atoms with Crippen molar-refractivity contribution in [3.05, 3.63) is 83.8 Å². The first-order valence-corrected chi connectivity index (χ1v) is 11.2. The van der Waals surface area contributed by atoms with Gasteiger partial charge >= 0.3 is 0 Å². The Kier molecular flexibility index (Phi) is 6.32. The molecule has 0 bridgehead atoms. The van der Waals surface area contributed by atoms with Crippen LogP contribution in [0.25, 0.3) is 0 Å². The number of thioether (sulfide) groups is 1. The molecule has 2 aromatic carbocycles. The number of ether oxygens (including phenoxy) is 1. The average Bonchev–Trinajstić information content (AvgIpc) is 3.40. The zero-order chi connectivity index (χ0) is 21.8. The fourth-order valence-electron chi connectivity index (χ4n) is 3.36. The summed E-state index contributed by atoms with van der Waals surface area (Å²) in [6, 6.07) is 18.4. The molecule has 2 heterocycles. The summed E-state index contributed by atoms with van der Waals surface area (Å²) in [7, 11) is 0. The summed E-state index contributed by atoms with van der Waals surface area (Å²) in [5.74, 6) is 1.84. The van der Waals surface area contributed by atoms with Crippen molar-refractivity contribution in [2.75, 3.05) is 11.1 Å². The fourth-order valence-corrected chi connectivity index (χ4v) is 4.55. The molecule has 1 aliphatic rings. The van der Waals surface area contributed by atoms with Gasteiger partial charge in [0.05, 0.1) is 24.7 Å². The van der Waals surface area contributed by atoms with Crippen molar-refractivity contribution in [1.29, 1.82) is 0 Å². The van der Waals surface area contributed by atoms with Crippen molar-refractivity contribution in [2.24, 2.45) is 0 Å². The van der Waals surface area contributed by atoms with E-state index in [1.54, 1.807) is 35.1 Å². The second-order valence-electron chi connectivity index (χ2n) is 7.53. The molecule has 4 rings (SSSR count). The summed E-state index contributed by atoms with van der Waals surface area (Å²) < 4.78 is 11.0. The van der Waals surface area contributed by atoms with Crippen LogP contribution in [-0.2, 0) is 11.3 Å². The van der Waals surface area contributed by atoms with Gasteiger partial charge in [-0.2, -0.15) is 0 Å². The predicted octanol–water partition coefficient (Wildman–Crippen LogP) is 5.09. The molecule has 1 aliphatic heterocycles. The van der Waals surface area contributed by atoms with Crippen LogP contribution >= 0.6 is 11.8 Å². The van der Waals surface area contributed by atoms with Crippen molar-refractivity contribution in [3.8, 4) is 5.75 Å². The minimum atomic E-state index is -0.188. The van der Waals surface area contributed by atoms with Crippen LogP contribution in [0.1, 0.15) is 40.9 Å². The molecule has 3 aromatic rings. The van der Waals surface area contributed by atoms with E-state index in [9.17, 15) is 9.59 Å². The third-order valence-electron chi connectivity index (χ3n) is 4.82. The van der Waals surface area contributed by atoms with E-state index in [1.807, 2.05) is 62.4 Å². The molecular formula is C24H24N2O4S. The van der Waals surface area contributed by atoms with Crippen LogP contribution in [0.4, 0.5) is 5.69 Å². The maximum atomic E-state index is 12.6. The van der Waals surface area contributed by atoms with E-state index in [0.717, 1.165) is 17.1 Å². The van der Waals surface area contributed by atoms with Crippen LogP contribution in [0.5, 0.6) is 5.75 Å². The zero-order valence-electron chi connectivity index (χ0n) is 17.4. The summed E-state index contributed by atoms with van der Waals surface area (Å²) in [4.78, 5) is 26.8. The van der Waals surface area contributed by atoms with E-state index in [2.05, 4.69) is 5.32 Å². The third-order valence-corrected chi connectivity index (χ3v) is 6.07. The van der Waals surface area contributed by atoms with Gasteiger partial charge in [0.25, 0.3) is 5.91 Å². The highest BCUT2D eigenvalue weighted by atomic mass is 32.2. The first kappa shape index (κ1) is 21.1. The second kappa shape index (κ2) is 9.31. The Morgan fingerprint density at radius 2 is 1.90 bits per heavy atom. The number of hydrogen-bond acceptors (Lipinski definition) is 5. The second-order valence-corrected chi connectivity index (χ2v) is 8.60. The molecule has 31 heavy (non-hydrogen) atoms. The largest absolute Gasteiger partial charge is 0.491 e. The SMILES string of the molecule is CC(C)Oc1ccc(NC(=O)c2ccc([C@@H]3SCC(=O)N3Cc3ccco3)cc2)cc1. The molecule has 0 radical (unpaired) electrons. The summed E-state index contributed by atoms with van der Waals surface area (Å²) in [5.41, 5.74) is 2.24. The lowest BCUT2D eigenvalue weighted by Crippen LogP contribution is -2.27. The van der Waals surface area contributed by atoms with E-state index in [1.165, 1.54) is 0 Å². The average molecular weight is 437 g/mol. The molecule has 0 unspecified atom stereocenters. The van der Waals surface area contributed by atoms with Crippen molar-refractivity contribution >= 4 is 29.3 Å². The molecule has 1 saturated heterocycles. The van der Waals surface area contributed by atoms with Crippen molar-refractivity contribution in [3.63, 3.8) is 0 Å². The maximum absolute atomic E-state index is 12.6. The molecule has 0 spiro atoms. The number of rotatable bonds is 7. The van der Waals surface area contributed by atoms with Gasteiger partial charge < -0.3 is 19.4 Å². The molecule has 0 saturated carbocycles. The molecule has 160 valence electrons. The van der Waals surface area contributed by atoms with Gasteiger partial charge in [-0.05, 0) is 67.9 Å². The van der Waals surface area contributed by atoms with E-state index in [0.29, 0.717) is 23.5 Å². The lowest BCUT2D eigenvalue weighted by Gasteiger charge is -2.23. The lowest BCUT2D eigenvalue weighted by atomic mass is 10.1. The summed E-state index contributed by atoms with van der Waals surface area (Å²) in [5, 5.41) is 2.80. The number of hydrogen-bond donors (Lipinski definition) is 1. The number of carbonyl (C=O) groups excluding carboxylic acids is 2. The van der Waals surface area contributed by atoms with Crippen LogP contribution in [0.3, 0.4) is 0 Å². The summed E-state index contributed by atoms with van der Waals surface area (Å²) >= 11 is 1.58. The Bertz CT molecular complexity index is 1030. The van der Waals surface area contributed by atoms with Gasteiger partial charge in [-0.1, -0.05) is 12.1 Å². The van der Waals surface area contributed by atoms with Crippen molar-refractivity contribution in [1.82, 2.24) is 4.90 Å². The number of anilines is 1. The van der Waals surface area contributed by atoms with Crippen LogP contribution in [0.2, 0.25) is 0 Å². The fraction of sp³-hybridized carbons (Fsp3) is 0.250. The molecule has 0 aliphatic carbocycles. The molecule has 2 amide bonds. The Balaban J connectivity index is 1.41. The highest BCUT2D eigenvalue weighted by molar-refractivity contribution is 8.00. The van der Waals surface area contributed by atoms with Crippen LogP contribution in [0.15, 0.2) is 71.3 Å². The topological polar surface area (TPSA) is 71.8 Å². The van der Waals surface area contributed by atoms with Crippen molar-refractivity contribution < 1.29 is 18.7 Å². The third kappa shape index (κ3) is 5.11. The number of benzene rings is 2. The Hall–Kier alpha value is -3.19. The molecule has 1 N–H and O–H groups in total. The van der Waals surface area contributed by atoms with Gasteiger partial charge in [0.15, 0.2) is 0 Å². The van der Waals surface area contributed by atoms with E-state index in [-0.39, 0.29) is 23.3 Å². The number of nitrogens with one attached hydrogen (secondary N) is 1. The van der Waals surface area contributed by atoms with E-state index >= 15 is 0 Å². The van der Waals surface area contributed by atoms with Gasteiger partial charge in [0, 0.05) is 11.3 Å². The van der Waals surface area contributed by atoms with Crippen LogP contribution in [-0.4, -0.2) is 28.6 Å². The molecule has 1 fully saturated rings. The molecular weight excluding hydrogens is 412 g/mol. The minimum Gasteiger partial charge on any atom is -0.491 e. The van der Waals surface area contributed by atoms with Crippen molar-refractivity contribution in [2.45, 2.75) is 31.9 Å². The van der Waals surface area contributed by atoms with Gasteiger partial charge in [-0.3, -0.25) is 9.59 Å². The Labute approximate surface area is 185 Å². The molecule has 1 atom stereocenters. The summed E-state index contributed by atoms with van der Waals surface area (Å²) in [6.07, 6.45) is 1.71. The number of furan rings is 1. The predicted molar refractivity (Wildman–Crippen MR) is 121 cm³/mol.